The van der Waals surface area contributed by atoms with Crippen LogP contribution in [0, 0.1) is 10.8 Å². The Balaban J connectivity index is 0.924. The molecule has 96 heavy (non-hydrogen) atoms. The summed E-state index contributed by atoms with van der Waals surface area (Å²) in [7, 11) is 0. The van der Waals surface area contributed by atoms with Gasteiger partial charge in [-0.3, -0.25) is 0 Å². The number of ether oxygens (including phenoxy) is 2. The quantitative estimate of drug-likeness (QED) is 0.175. The molecule has 3 aliphatic heterocycles. The molecule has 0 saturated heterocycles. The van der Waals surface area contributed by atoms with Gasteiger partial charge in [-0.2, -0.15) is 0 Å². The summed E-state index contributed by atoms with van der Waals surface area (Å²) in [5.41, 5.74) is 19.4. The van der Waals surface area contributed by atoms with E-state index in [0.29, 0.717) is 23.7 Å². The number of benzene rings is 10. The number of para-hydroxylation sites is 3. The second-order valence-corrected chi connectivity index (χ2v) is 32.1. The number of thiophene rings is 1. The SMILES string of the molecule is CC1(C)C2=c3ccccc3=CC(C2)N(C2=CC=C3Sc4ccccc4C3C2)C2CC3=C(c4c(cc(N(c5ccc6ccccc6c5)c5ccc6sc7ccccc7c6c5)c5c4Oc4ccccc4O5)C34C3=C(C=CC(C)(C(C)(C)C)C3)c3ccc1cc34)c1c2oc2ccccc12. The van der Waals surface area contributed by atoms with E-state index >= 15 is 0 Å². The van der Waals surface area contributed by atoms with Crippen LogP contribution < -0.4 is 24.8 Å². The Kier molecular flexibility index (Phi) is 11.2. The summed E-state index contributed by atoms with van der Waals surface area (Å²) in [6.45, 7) is 14.9. The van der Waals surface area contributed by atoms with E-state index in [1.165, 1.54) is 107 Å². The van der Waals surface area contributed by atoms with Crippen molar-refractivity contribution in [1.29, 1.82) is 0 Å². The van der Waals surface area contributed by atoms with Crippen molar-refractivity contribution in [1.82, 2.24) is 4.90 Å². The molecule has 10 aromatic carbocycles. The van der Waals surface area contributed by atoms with E-state index in [1.54, 1.807) is 0 Å². The topological polar surface area (TPSA) is 38.1 Å². The van der Waals surface area contributed by atoms with Crippen molar-refractivity contribution in [2.75, 3.05) is 4.90 Å². The van der Waals surface area contributed by atoms with Gasteiger partial charge in [-0.05, 0) is 197 Å². The molecule has 0 radical (unpaired) electrons. The fourth-order valence-electron chi connectivity index (χ4n) is 18.7. The molecule has 5 heterocycles. The first-order valence-electron chi connectivity index (χ1n) is 34.3. The van der Waals surface area contributed by atoms with Crippen molar-refractivity contribution in [2.24, 2.45) is 10.8 Å². The third-order valence-electron chi connectivity index (χ3n) is 24.0. The van der Waals surface area contributed by atoms with E-state index in [-0.39, 0.29) is 28.8 Å². The maximum absolute atomic E-state index is 7.90. The first kappa shape index (κ1) is 55.5. The average Bonchev–Trinajstić information content (AvgIpc) is 1.48. The number of fused-ring (bicyclic) bond motifs is 23. The van der Waals surface area contributed by atoms with Crippen LogP contribution in [0.5, 0.6) is 23.0 Å². The number of anilines is 3. The fourth-order valence-corrected chi connectivity index (χ4v) is 21.0. The van der Waals surface area contributed by atoms with Gasteiger partial charge >= 0.3 is 0 Å². The summed E-state index contributed by atoms with van der Waals surface area (Å²) in [4.78, 5) is 8.19. The molecular weight excluding hydrogens is 1210 g/mol. The summed E-state index contributed by atoms with van der Waals surface area (Å²) in [6, 6.07) is 77.3. The predicted molar refractivity (Wildman–Crippen MR) is 396 cm³/mol. The predicted octanol–water partition coefficient (Wildman–Crippen LogP) is 22.7. The molecule has 6 bridgehead atoms. The van der Waals surface area contributed by atoms with Gasteiger partial charge in [-0.15, -0.1) is 11.3 Å². The molecule has 2 aromatic heterocycles. The van der Waals surface area contributed by atoms with Crippen molar-refractivity contribution in [3.8, 4) is 23.0 Å². The molecule has 21 rings (SSSR count). The molecule has 12 aromatic rings. The van der Waals surface area contributed by atoms with Crippen molar-refractivity contribution in [3.63, 3.8) is 0 Å². The van der Waals surface area contributed by atoms with Gasteiger partial charge < -0.3 is 23.7 Å². The Morgan fingerprint density at radius 2 is 1.33 bits per heavy atom. The van der Waals surface area contributed by atoms with Crippen LogP contribution in [0.25, 0.3) is 64.7 Å². The largest absolute Gasteiger partial charge is 0.458 e. The molecule has 464 valence electrons. The van der Waals surface area contributed by atoms with Crippen LogP contribution in [-0.4, -0.2) is 10.9 Å². The van der Waals surface area contributed by atoms with E-state index in [9.17, 15) is 0 Å². The van der Waals surface area contributed by atoms with Gasteiger partial charge in [0.25, 0.3) is 0 Å². The summed E-state index contributed by atoms with van der Waals surface area (Å²) in [5, 5.41) is 8.57. The Hall–Kier alpha value is -9.79. The van der Waals surface area contributed by atoms with E-state index in [4.69, 9.17) is 13.9 Å². The zero-order chi connectivity index (χ0) is 63.9. The first-order chi connectivity index (χ1) is 46.8. The zero-order valence-corrected chi connectivity index (χ0v) is 56.1. The second-order valence-electron chi connectivity index (χ2n) is 29.9. The molecule has 1 spiro atoms. The van der Waals surface area contributed by atoms with E-state index in [2.05, 4.69) is 288 Å². The molecule has 0 fully saturated rings. The molecule has 0 saturated carbocycles. The third-order valence-corrected chi connectivity index (χ3v) is 26.4. The monoisotopic (exact) mass is 1280 g/mol. The zero-order valence-electron chi connectivity index (χ0n) is 54.5. The van der Waals surface area contributed by atoms with Crippen molar-refractivity contribution >= 4 is 105 Å². The highest BCUT2D eigenvalue weighted by molar-refractivity contribution is 8.03. The van der Waals surface area contributed by atoms with Crippen LogP contribution in [0.1, 0.15) is 124 Å². The fraction of sp³-hybridized carbons (Fsp3) is 0.191. The second kappa shape index (κ2) is 19.5. The number of furan rings is 1. The molecule has 9 aliphatic rings. The minimum atomic E-state index is -0.818. The van der Waals surface area contributed by atoms with Crippen LogP contribution >= 0.6 is 23.1 Å². The Labute approximate surface area is 567 Å². The van der Waals surface area contributed by atoms with Gasteiger partial charge in [0.1, 0.15) is 11.3 Å². The Bertz CT molecular complexity index is 5860. The molecule has 5 unspecified atom stereocenters. The van der Waals surface area contributed by atoms with Crippen LogP contribution in [0.4, 0.5) is 17.1 Å². The summed E-state index contributed by atoms with van der Waals surface area (Å²) in [5.74, 6) is 4.05. The van der Waals surface area contributed by atoms with Gasteiger partial charge in [-0.1, -0.05) is 211 Å². The highest BCUT2D eigenvalue weighted by atomic mass is 32.2. The van der Waals surface area contributed by atoms with Gasteiger partial charge in [0, 0.05) is 70.0 Å². The Morgan fingerprint density at radius 3 is 2.21 bits per heavy atom. The average molecular weight is 1280 g/mol. The molecule has 0 N–H and O–H groups in total. The van der Waals surface area contributed by atoms with Crippen LogP contribution in [0.3, 0.4) is 0 Å². The number of thioether (sulfide) groups is 1. The first-order valence-corrected chi connectivity index (χ1v) is 35.9. The number of allylic oxidation sites excluding steroid dienone is 8. The lowest BCUT2D eigenvalue weighted by molar-refractivity contribution is 0.162. The van der Waals surface area contributed by atoms with Crippen LogP contribution in [0.2, 0.25) is 0 Å². The Morgan fingerprint density at radius 1 is 0.594 bits per heavy atom. The maximum Gasteiger partial charge on any atom is 0.194 e. The number of nitrogens with zero attached hydrogens (tertiary/aromatic N) is 2. The normalized spacial score (nSPS) is 22.5. The molecular formula is C89H68N2O3S2. The molecule has 5 nitrogen and oxygen atoms in total. The van der Waals surface area contributed by atoms with E-state index in [0.717, 1.165) is 75.3 Å². The standard InChI is InChI=1S/C89H68N2O3S2/c1-86(2,3)88(6)40-39-60-59-36-32-53-43-67(59)89(70(60)49-88)68-47-71(91(56-35-38-79-65(45-56)62-24-13-18-30-77(62)96-79)57-42-52-21-9-10-22-58(52)66(46-57)87(53,4)5)83-80(63-25-11-14-26-73(63)92-83)81(68)82-69(89)48-72(84-85(82)94-75-28-16-15-27-74(75)93-84)90(54-33-31-50-19-7-8-20-51(50)41-54)55-34-37-78-64(44-55)61-23-12-17-29-76(61)95-78/h7-44,48,57,65,71H,45-47,49H2,1-6H3. The van der Waals surface area contributed by atoms with E-state index < -0.39 is 10.8 Å². The molecule has 0 amide bonds. The van der Waals surface area contributed by atoms with Crippen molar-refractivity contribution < 1.29 is 13.9 Å². The number of hydrogen-bond donors (Lipinski definition) is 0. The molecule has 6 aliphatic carbocycles. The highest BCUT2D eigenvalue weighted by Gasteiger charge is 2.61. The summed E-state index contributed by atoms with van der Waals surface area (Å²) in [6.07, 6.45) is 16.0. The lowest BCUT2D eigenvalue weighted by Crippen LogP contribution is -2.47. The molecule has 7 heteroatoms. The van der Waals surface area contributed by atoms with Crippen molar-refractivity contribution in [3.05, 3.63) is 307 Å². The lowest BCUT2D eigenvalue weighted by Gasteiger charge is -2.49. The minimum Gasteiger partial charge on any atom is -0.458 e. The third kappa shape index (κ3) is 7.43. The number of hydrogen-bond acceptors (Lipinski definition) is 7. The highest BCUT2D eigenvalue weighted by Crippen LogP contribution is 2.74. The van der Waals surface area contributed by atoms with Gasteiger partial charge in [0.2, 0.25) is 0 Å². The van der Waals surface area contributed by atoms with E-state index in [1.807, 2.05) is 23.1 Å². The van der Waals surface area contributed by atoms with Gasteiger partial charge in [-0.25, -0.2) is 0 Å². The summed E-state index contributed by atoms with van der Waals surface area (Å²) >= 11 is 3.80. The molecule has 5 atom stereocenters. The van der Waals surface area contributed by atoms with Crippen molar-refractivity contribution in [2.45, 2.75) is 101 Å². The smallest absolute Gasteiger partial charge is 0.194 e. The van der Waals surface area contributed by atoms with Gasteiger partial charge in [0.05, 0.1) is 23.2 Å². The van der Waals surface area contributed by atoms with Crippen LogP contribution in [0.15, 0.2) is 262 Å². The van der Waals surface area contributed by atoms with Gasteiger partial charge in [0.15, 0.2) is 23.0 Å². The lowest BCUT2D eigenvalue weighted by atomic mass is 9.57. The summed E-state index contributed by atoms with van der Waals surface area (Å²) < 4.78 is 26.0. The maximum atomic E-state index is 7.90. The van der Waals surface area contributed by atoms with Crippen LogP contribution in [-0.2, 0) is 10.8 Å². The minimum absolute atomic E-state index is 0.0215. The number of rotatable bonds is 4.